The average molecular weight is 307 g/mol. The van der Waals surface area contributed by atoms with Crippen LogP contribution in [-0.4, -0.2) is 16.6 Å². The smallest absolute Gasteiger partial charge is 0.289 e. The first-order valence-corrected chi connectivity index (χ1v) is 7.47. The summed E-state index contributed by atoms with van der Waals surface area (Å²) >= 11 is 0. The van der Waals surface area contributed by atoms with Crippen molar-refractivity contribution in [2.75, 3.05) is 0 Å². The first kappa shape index (κ1) is 15.0. The number of nitrogens with one attached hydrogen (secondary N) is 1. The van der Waals surface area contributed by atoms with E-state index in [0.717, 1.165) is 23.0 Å². The predicted molar refractivity (Wildman–Crippen MR) is 89.5 cm³/mol. The first-order chi connectivity index (χ1) is 11.2. The standard InChI is InChI=1S/C18H17N3O2/c1-3-13-14-8-4-5-10-16(14)23-17(13)12(2)20-21-18(22)15-9-6-7-11-19-15/h4-11H,3H2,1-2H3,(H,21,22)/b20-12-. The molecule has 0 saturated carbocycles. The molecule has 0 aliphatic heterocycles. The van der Waals surface area contributed by atoms with Crippen molar-refractivity contribution in [3.63, 3.8) is 0 Å². The van der Waals surface area contributed by atoms with Gasteiger partial charge in [0, 0.05) is 17.1 Å². The number of hydrogen-bond donors (Lipinski definition) is 1. The Kier molecular flexibility index (Phi) is 4.19. The van der Waals surface area contributed by atoms with Crippen molar-refractivity contribution in [1.82, 2.24) is 10.4 Å². The maximum Gasteiger partial charge on any atom is 0.289 e. The summed E-state index contributed by atoms with van der Waals surface area (Å²) in [5.41, 5.74) is 5.39. The van der Waals surface area contributed by atoms with Crippen LogP contribution in [0.3, 0.4) is 0 Å². The summed E-state index contributed by atoms with van der Waals surface area (Å²) in [6.45, 7) is 3.89. The van der Waals surface area contributed by atoms with Crippen molar-refractivity contribution in [2.24, 2.45) is 5.10 Å². The van der Waals surface area contributed by atoms with E-state index in [0.29, 0.717) is 17.2 Å². The molecule has 0 radical (unpaired) electrons. The summed E-state index contributed by atoms with van der Waals surface area (Å²) < 4.78 is 5.89. The monoisotopic (exact) mass is 307 g/mol. The van der Waals surface area contributed by atoms with E-state index < -0.39 is 0 Å². The third-order valence-corrected chi connectivity index (χ3v) is 3.60. The van der Waals surface area contributed by atoms with Gasteiger partial charge < -0.3 is 4.42 Å². The largest absolute Gasteiger partial charge is 0.454 e. The Balaban J connectivity index is 1.88. The summed E-state index contributed by atoms with van der Waals surface area (Å²) in [7, 11) is 0. The van der Waals surface area contributed by atoms with Gasteiger partial charge in [-0.15, -0.1) is 0 Å². The molecule has 5 heteroatoms. The zero-order valence-corrected chi connectivity index (χ0v) is 13.0. The maximum atomic E-state index is 12.0. The van der Waals surface area contributed by atoms with Crippen LogP contribution in [-0.2, 0) is 6.42 Å². The minimum Gasteiger partial charge on any atom is -0.454 e. The highest BCUT2D eigenvalue weighted by molar-refractivity contribution is 6.03. The van der Waals surface area contributed by atoms with Gasteiger partial charge in [0.05, 0.1) is 0 Å². The zero-order valence-electron chi connectivity index (χ0n) is 13.0. The molecular formula is C18H17N3O2. The Morgan fingerprint density at radius 2 is 2.00 bits per heavy atom. The van der Waals surface area contributed by atoms with Gasteiger partial charge in [0.1, 0.15) is 17.0 Å². The Bertz CT molecular complexity index is 866. The van der Waals surface area contributed by atoms with Crippen molar-refractivity contribution in [2.45, 2.75) is 20.3 Å². The molecule has 0 spiro atoms. The molecule has 3 rings (SSSR count). The van der Waals surface area contributed by atoms with E-state index in [1.54, 1.807) is 24.4 Å². The summed E-state index contributed by atoms with van der Waals surface area (Å²) in [5.74, 6) is 0.356. The molecule has 0 saturated heterocycles. The zero-order chi connectivity index (χ0) is 16.2. The van der Waals surface area contributed by atoms with E-state index >= 15 is 0 Å². The number of fused-ring (bicyclic) bond motifs is 1. The van der Waals surface area contributed by atoms with Gasteiger partial charge in [-0.3, -0.25) is 9.78 Å². The Hall–Kier alpha value is -2.95. The van der Waals surface area contributed by atoms with Crippen LogP contribution in [0.1, 0.15) is 35.7 Å². The van der Waals surface area contributed by atoms with Crippen LogP contribution in [0.5, 0.6) is 0 Å². The molecule has 0 bridgehead atoms. The van der Waals surface area contributed by atoms with Crippen molar-refractivity contribution in [3.05, 3.63) is 65.7 Å². The van der Waals surface area contributed by atoms with Crippen LogP contribution in [0, 0.1) is 0 Å². The van der Waals surface area contributed by atoms with Crippen LogP contribution in [0.4, 0.5) is 0 Å². The van der Waals surface area contributed by atoms with E-state index in [2.05, 4.69) is 22.4 Å². The number of pyridine rings is 1. The molecule has 0 atom stereocenters. The minimum atomic E-state index is -0.348. The topological polar surface area (TPSA) is 67.5 Å². The SMILES string of the molecule is CCc1c(/C(C)=N\NC(=O)c2ccccn2)oc2ccccc12. The lowest BCUT2D eigenvalue weighted by Gasteiger charge is -2.02. The number of aryl methyl sites for hydroxylation is 1. The molecule has 116 valence electrons. The molecular weight excluding hydrogens is 290 g/mol. The fourth-order valence-electron chi connectivity index (χ4n) is 2.48. The second-order valence-corrected chi connectivity index (χ2v) is 5.11. The lowest BCUT2D eigenvalue weighted by atomic mass is 10.1. The van der Waals surface area contributed by atoms with E-state index in [9.17, 15) is 4.79 Å². The molecule has 0 aliphatic carbocycles. The number of aromatic nitrogens is 1. The maximum absolute atomic E-state index is 12.0. The second kappa shape index (κ2) is 6.44. The summed E-state index contributed by atoms with van der Waals surface area (Å²) in [5, 5.41) is 5.24. The molecule has 1 N–H and O–H groups in total. The van der Waals surface area contributed by atoms with Crippen molar-refractivity contribution in [1.29, 1.82) is 0 Å². The Morgan fingerprint density at radius 3 is 2.74 bits per heavy atom. The number of benzene rings is 1. The van der Waals surface area contributed by atoms with Gasteiger partial charge in [-0.25, -0.2) is 5.43 Å². The van der Waals surface area contributed by atoms with Crippen LogP contribution in [0.25, 0.3) is 11.0 Å². The van der Waals surface area contributed by atoms with Crippen molar-refractivity contribution < 1.29 is 9.21 Å². The molecule has 3 aromatic rings. The number of carbonyl (C=O) groups is 1. The molecule has 1 amide bonds. The molecule has 0 aliphatic rings. The van der Waals surface area contributed by atoms with E-state index in [-0.39, 0.29) is 5.91 Å². The number of furan rings is 1. The van der Waals surface area contributed by atoms with Gasteiger partial charge in [0.15, 0.2) is 5.76 Å². The van der Waals surface area contributed by atoms with Gasteiger partial charge in [0.2, 0.25) is 0 Å². The number of para-hydroxylation sites is 1. The highest BCUT2D eigenvalue weighted by Crippen LogP contribution is 2.26. The predicted octanol–water partition coefficient (Wildman–Crippen LogP) is 3.54. The number of nitrogens with zero attached hydrogens (tertiary/aromatic N) is 2. The minimum absolute atomic E-state index is 0.323. The van der Waals surface area contributed by atoms with Crippen LogP contribution in [0.2, 0.25) is 0 Å². The Morgan fingerprint density at radius 1 is 1.22 bits per heavy atom. The quantitative estimate of drug-likeness (QED) is 0.592. The van der Waals surface area contributed by atoms with Crippen molar-refractivity contribution in [3.8, 4) is 0 Å². The van der Waals surface area contributed by atoms with E-state index in [1.807, 2.05) is 31.2 Å². The van der Waals surface area contributed by atoms with Crippen LogP contribution >= 0.6 is 0 Å². The molecule has 0 unspecified atom stereocenters. The van der Waals surface area contributed by atoms with Gasteiger partial charge in [-0.05, 0) is 31.5 Å². The summed E-state index contributed by atoms with van der Waals surface area (Å²) in [4.78, 5) is 16.0. The second-order valence-electron chi connectivity index (χ2n) is 5.11. The highest BCUT2D eigenvalue weighted by Gasteiger charge is 2.15. The lowest BCUT2D eigenvalue weighted by molar-refractivity contribution is 0.0950. The van der Waals surface area contributed by atoms with Crippen LogP contribution < -0.4 is 5.43 Å². The highest BCUT2D eigenvalue weighted by atomic mass is 16.3. The molecule has 1 aromatic carbocycles. The van der Waals surface area contributed by atoms with Gasteiger partial charge >= 0.3 is 0 Å². The normalized spacial score (nSPS) is 11.7. The first-order valence-electron chi connectivity index (χ1n) is 7.47. The summed E-state index contributed by atoms with van der Waals surface area (Å²) in [6.07, 6.45) is 2.40. The molecule has 2 aromatic heterocycles. The van der Waals surface area contributed by atoms with E-state index in [1.165, 1.54) is 0 Å². The third-order valence-electron chi connectivity index (χ3n) is 3.60. The third kappa shape index (κ3) is 2.99. The number of rotatable bonds is 4. The summed E-state index contributed by atoms with van der Waals surface area (Å²) in [6, 6.07) is 13.0. The van der Waals surface area contributed by atoms with Gasteiger partial charge in [-0.2, -0.15) is 5.10 Å². The van der Waals surface area contributed by atoms with Crippen LogP contribution in [0.15, 0.2) is 58.2 Å². The molecule has 0 fully saturated rings. The number of carbonyl (C=O) groups excluding carboxylic acids is 1. The van der Waals surface area contributed by atoms with Gasteiger partial charge in [0.25, 0.3) is 5.91 Å². The molecule has 23 heavy (non-hydrogen) atoms. The van der Waals surface area contributed by atoms with Crippen molar-refractivity contribution >= 4 is 22.6 Å². The van der Waals surface area contributed by atoms with E-state index in [4.69, 9.17) is 4.42 Å². The number of hydrogen-bond acceptors (Lipinski definition) is 4. The molecule has 2 heterocycles. The fraction of sp³-hybridized carbons (Fsp3) is 0.167. The molecule has 5 nitrogen and oxygen atoms in total. The Labute approximate surface area is 134 Å². The fourth-order valence-corrected chi connectivity index (χ4v) is 2.48. The number of amides is 1. The lowest BCUT2D eigenvalue weighted by Crippen LogP contribution is -2.20. The average Bonchev–Trinajstić information content (AvgIpc) is 2.98. The number of hydrazone groups is 1. The van der Waals surface area contributed by atoms with Gasteiger partial charge in [-0.1, -0.05) is 31.2 Å².